The molecule has 3 aliphatic rings. The lowest BCUT2D eigenvalue weighted by atomic mass is 9.99. The van der Waals surface area contributed by atoms with Crippen molar-refractivity contribution >= 4 is 62.0 Å². The van der Waals surface area contributed by atoms with Gasteiger partial charge in [-0.3, -0.25) is 43.2 Å². The lowest BCUT2D eigenvalue weighted by Crippen LogP contribution is -2.54. The van der Waals surface area contributed by atoms with E-state index in [0.29, 0.717) is 87.3 Å². The number of fused-ring (bicyclic) bond motifs is 2. The van der Waals surface area contributed by atoms with Gasteiger partial charge in [0.2, 0.25) is 27.4 Å². The third-order valence-corrected chi connectivity index (χ3v) is 12.8. The summed E-state index contributed by atoms with van der Waals surface area (Å²) in [5, 5.41) is 16.0. The average Bonchev–Trinajstić information content (AvgIpc) is 3.97. The highest BCUT2D eigenvalue weighted by Crippen LogP contribution is 2.33. The van der Waals surface area contributed by atoms with Crippen molar-refractivity contribution in [2.24, 2.45) is 0 Å². The predicted molar refractivity (Wildman–Crippen MR) is 239 cm³/mol. The van der Waals surface area contributed by atoms with Gasteiger partial charge in [0.15, 0.2) is 0 Å². The number of nitrogens with zero attached hydrogens (tertiary/aromatic N) is 2. The molecule has 3 aromatic carbocycles. The second kappa shape index (κ2) is 23.0. The number of aromatic amines is 1. The van der Waals surface area contributed by atoms with Crippen LogP contribution < -0.4 is 15.5 Å². The number of hydrogen-bond acceptors (Lipinski definition) is 15. The van der Waals surface area contributed by atoms with Crippen LogP contribution in [-0.4, -0.2) is 146 Å². The number of hydrogen-bond donors (Lipinski definition) is 5. The van der Waals surface area contributed by atoms with Gasteiger partial charge in [0.25, 0.3) is 23.6 Å². The van der Waals surface area contributed by atoms with Crippen LogP contribution in [0.4, 0.5) is 14.5 Å². The Morgan fingerprint density at radius 2 is 1.46 bits per heavy atom. The molecule has 23 heteroatoms. The van der Waals surface area contributed by atoms with Crippen molar-refractivity contribution in [3.8, 4) is 0 Å². The van der Waals surface area contributed by atoms with Crippen molar-refractivity contribution in [2.75, 3.05) is 84.1 Å². The maximum absolute atomic E-state index is 13.5. The van der Waals surface area contributed by atoms with Crippen molar-refractivity contribution in [3.05, 3.63) is 94.6 Å². The number of aliphatic hydroxyl groups is 1. The van der Waals surface area contributed by atoms with Gasteiger partial charge in [0.1, 0.15) is 22.7 Å². The molecule has 0 bridgehead atoms. The SMILES string of the molecule is N=S(=O)(OCCOCCOCCOCCOCCOCCCc1cccc2c1C(=O)N(C1CCC(=O)NC1=O)C2=O)c1cc2cc(N3CCC(O)(C(=O)NCc4cc(F)cc(F)c4)C3=O)ccc2[nH]1. The Morgan fingerprint density at radius 3 is 2.12 bits per heavy atom. The average molecular weight is 983 g/mol. The first-order chi connectivity index (χ1) is 33.2. The van der Waals surface area contributed by atoms with E-state index in [1.165, 1.54) is 11.0 Å². The number of halogens is 2. The number of aryl methyl sites for hydroxylation is 1. The number of anilines is 1. The molecular formula is C46H52F2N6O14S. The summed E-state index contributed by atoms with van der Waals surface area (Å²) in [7, 11) is -3.73. The van der Waals surface area contributed by atoms with Gasteiger partial charge in [-0.25, -0.2) is 17.8 Å². The lowest BCUT2D eigenvalue weighted by molar-refractivity contribution is -0.149. The predicted octanol–water partition coefficient (Wildman–Crippen LogP) is 2.68. The molecule has 4 heterocycles. The van der Waals surface area contributed by atoms with E-state index >= 15 is 0 Å². The summed E-state index contributed by atoms with van der Waals surface area (Å²) in [5.74, 6) is -5.72. The van der Waals surface area contributed by atoms with Crippen LogP contribution in [0.2, 0.25) is 0 Å². The molecule has 2 fully saturated rings. The van der Waals surface area contributed by atoms with Crippen LogP contribution in [0.25, 0.3) is 10.9 Å². The van der Waals surface area contributed by atoms with Crippen LogP contribution in [0, 0.1) is 16.4 Å². The van der Waals surface area contributed by atoms with Crippen molar-refractivity contribution in [1.82, 2.24) is 20.5 Å². The lowest BCUT2D eigenvalue weighted by Gasteiger charge is -2.27. The van der Waals surface area contributed by atoms with E-state index in [1.807, 2.05) is 0 Å². The minimum atomic E-state index is -3.73. The van der Waals surface area contributed by atoms with Crippen molar-refractivity contribution in [3.63, 3.8) is 0 Å². The summed E-state index contributed by atoms with van der Waals surface area (Å²) in [6.45, 7) is 2.49. The molecule has 0 saturated carbocycles. The van der Waals surface area contributed by atoms with Crippen LogP contribution in [-0.2, 0) is 70.0 Å². The smallest absolute Gasteiger partial charge is 0.268 e. The van der Waals surface area contributed by atoms with E-state index in [1.54, 1.807) is 36.4 Å². The zero-order valence-electron chi connectivity index (χ0n) is 37.4. The van der Waals surface area contributed by atoms with Crippen molar-refractivity contribution in [1.29, 1.82) is 4.78 Å². The Morgan fingerprint density at radius 1 is 0.826 bits per heavy atom. The number of piperidine rings is 1. The first-order valence-corrected chi connectivity index (χ1v) is 23.7. The summed E-state index contributed by atoms with van der Waals surface area (Å²) >= 11 is 0. The number of imide groups is 2. The van der Waals surface area contributed by atoms with Gasteiger partial charge in [-0.1, -0.05) is 12.1 Å². The van der Waals surface area contributed by atoms with E-state index < -0.39 is 68.7 Å². The van der Waals surface area contributed by atoms with E-state index in [2.05, 4.69) is 15.6 Å². The number of carbonyl (C=O) groups excluding carboxylic acids is 6. The Kier molecular flexibility index (Phi) is 17.0. The van der Waals surface area contributed by atoms with Gasteiger partial charge in [-0.15, -0.1) is 0 Å². The molecule has 0 aliphatic carbocycles. The topological polar surface area (TPSA) is 265 Å². The summed E-state index contributed by atoms with van der Waals surface area (Å²) in [4.78, 5) is 81.4. The molecule has 3 aliphatic heterocycles. The number of ether oxygens (including phenoxy) is 5. The van der Waals surface area contributed by atoms with Crippen molar-refractivity contribution in [2.45, 2.75) is 55.3 Å². The molecule has 4 aromatic rings. The number of H-pyrrole nitrogens is 1. The fourth-order valence-electron chi connectivity index (χ4n) is 8.02. The third-order valence-electron chi connectivity index (χ3n) is 11.5. The second-order valence-electron chi connectivity index (χ2n) is 16.2. The summed E-state index contributed by atoms with van der Waals surface area (Å²) in [5.41, 5.74) is -0.233. The number of carbonyl (C=O) groups is 6. The molecule has 2 saturated heterocycles. The first kappa shape index (κ1) is 50.8. The number of amides is 6. The molecule has 1 aromatic heterocycles. The van der Waals surface area contributed by atoms with Gasteiger partial charge < -0.3 is 44.0 Å². The third kappa shape index (κ3) is 12.4. The largest absolute Gasteiger partial charge is 0.379 e. The number of aromatic nitrogens is 1. The number of nitrogens with one attached hydrogen (secondary N) is 4. The molecule has 6 amide bonds. The zero-order chi connectivity index (χ0) is 49.1. The highest BCUT2D eigenvalue weighted by molar-refractivity contribution is 7.87. The Labute approximate surface area is 395 Å². The molecule has 3 atom stereocenters. The molecular weight excluding hydrogens is 931 g/mol. The van der Waals surface area contributed by atoms with Crippen LogP contribution >= 0.6 is 0 Å². The summed E-state index contributed by atoms with van der Waals surface area (Å²) in [6, 6.07) is 12.9. The second-order valence-corrected chi connectivity index (χ2v) is 17.9. The molecule has 3 unspecified atom stereocenters. The summed E-state index contributed by atoms with van der Waals surface area (Å²) < 4.78 is 81.5. The van der Waals surface area contributed by atoms with Crippen LogP contribution in [0.5, 0.6) is 0 Å². The molecule has 20 nitrogen and oxygen atoms in total. The van der Waals surface area contributed by atoms with Crippen LogP contribution in [0.3, 0.4) is 0 Å². The van der Waals surface area contributed by atoms with Gasteiger partial charge in [0, 0.05) is 55.2 Å². The van der Waals surface area contributed by atoms with Gasteiger partial charge in [-0.2, -0.15) is 0 Å². The minimum Gasteiger partial charge on any atom is -0.379 e. The fraction of sp³-hybridized carbons (Fsp3) is 0.435. The molecule has 0 radical (unpaired) electrons. The number of benzene rings is 3. The van der Waals surface area contributed by atoms with E-state index in [0.717, 1.165) is 17.0 Å². The Hall–Kier alpha value is -6.05. The van der Waals surface area contributed by atoms with Crippen LogP contribution in [0.15, 0.2) is 65.7 Å². The van der Waals surface area contributed by atoms with Gasteiger partial charge in [-0.05, 0) is 72.9 Å². The Bertz CT molecular complexity index is 2660. The van der Waals surface area contributed by atoms with E-state index in [4.69, 9.17) is 32.6 Å². The monoisotopic (exact) mass is 982 g/mol. The van der Waals surface area contributed by atoms with Crippen LogP contribution in [0.1, 0.15) is 57.5 Å². The summed E-state index contributed by atoms with van der Waals surface area (Å²) in [6.07, 6.45) is 0.986. The zero-order valence-corrected chi connectivity index (χ0v) is 38.2. The van der Waals surface area contributed by atoms with Gasteiger partial charge in [0.05, 0.1) is 77.2 Å². The number of rotatable bonds is 26. The maximum Gasteiger partial charge on any atom is 0.268 e. The maximum atomic E-state index is 13.5. The van der Waals surface area contributed by atoms with Gasteiger partial charge >= 0.3 is 0 Å². The molecule has 7 rings (SSSR count). The van der Waals surface area contributed by atoms with Crippen molar-refractivity contribution < 1.29 is 74.7 Å². The first-order valence-electron chi connectivity index (χ1n) is 22.2. The quantitative estimate of drug-likeness (QED) is 0.0344. The molecule has 5 N–H and O–H groups in total. The Balaban J connectivity index is 0.696. The minimum absolute atomic E-state index is 0.00719. The molecule has 370 valence electrons. The standard InChI is InChI=1S/C46H52F2N6O14S/c47-32-23-29(24-33(48)27-32)28-50-44(59)46(61)10-11-53(45(46)60)34-6-7-36-31(25-34)26-39(51-36)69(49,62)68-22-21-67-20-19-66-18-17-65-16-15-64-14-13-63-12-2-4-30-3-1-5-35-40(30)43(58)54(42(35)57)37-8-9-38(55)52-41(37)56/h1,3,5-7,23-27,37,49,51,61H,2,4,8-22,28H2,(H,50,59)(H,52,55,56). The molecule has 69 heavy (non-hydrogen) atoms. The highest BCUT2D eigenvalue weighted by Gasteiger charge is 2.52. The normalized spacial score (nSPS) is 19.1. The molecule has 0 spiro atoms. The van der Waals surface area contributed by atoms with E-state index in [9.17, 15) is 46.9 Å². The highest BCUT2D eigenvalue weighted by atomic mass is 32.2. The fourth-order valence-corrected chi connectivity index (χ4v) is 8.98. The van der Waals surface area contributed by atoms with E-state index in [-0.39, 0.29) is 80.5 Å².